The monoisotopic (exact) mass is 403 g/mol. The number of hydrogen-bond donors (Lipinski definition) is 1. The van der Waals surface area contributed by atoms with Gasteiger partial charge in [0, 0.05) is 32.5 Å². The summed E-state index contributed by atoms with van der Waals surface area (Å²) < 4.78 is 17.3. The summed E-state index contributed by atoms with van der Waals surface area (Å²) in [6, 6.07) is 1.99. The summed E-state index contributed by atoms with van der Waals surface area (Å²) in [4.78, 5) is 21.0. The number of nitrogens with one attached hydrogen (secondary N) is 1. The van der Waals surface area contributed by atoms with Gasteiger partial charge in [-0.25, -0.2) is 18.7 Å². The third kappa shape index (κ3) is 3.55. The summed E-state index contributed by atoms with van der Waals surface area (Å²) in [6.45, 7) is 9.20. The molecule has 1 saturated carbocycles. The van der Waals surface area contributed by atoms with Crippen LogP contribution < -0.4 is 9.62 Å². The van der Waals surface area contributed by atoms with E-state index in [4.69, 9.17) is 4.98 Å². The van der Waals surface area contributed by atoms with Crippen LogP contribution in [-0.4, -0.2) is 49.4 Å². The summed E-state index contributed by atoms with van der Waals surface area (Å²) in [5.41, 5.74) is 3.73. The van der Waals surface area contributed by atoms with Crippen LogP contribution in [0.5, 0.6) is 0 Å². The number of aromatic nitrogens is 2. The van der Waals surface area contributed by atoms with Crippen molar-refractivity contribution >= 4 is 28.4 Å². The lowest BCUT2D eigenvalue weighted by atomic mass is 10.1. The van der Waals surface area contributed by atoms with E-state index in [-0.39, 0.29) is 16.8 Å². The van der Waals surface area contributed by atoms with Crippen molar-refractivity contribution in [1.29, 1.82) is 0 Å². The minimum absolute atomic E-state index is 0.0133. The number of imidazole rings is 1. The van der Waals surface area contributed by atoms with E-state index < -0.39 is 11.0 Å². The zero-order valence-electron chi connectivity index (χ0n) is 17.2. The third-order valence-corrected chi connectivity index (χ3v) is 7.09. The highest BCUT2D eigenvalue weighted by molar-refractivity contribution is 7.84. The van der Waals surface area contributed by atoms with Crippen molar-refractivity contribution in [1.82, 2.24) is 19.0 Å². The van der Waals surface area contributed by atoms with Crippen molar-refractivity contribution < 1.29 is 9.00 Å². The van der Waals surface area contributed by atoms with Crippen LogP contribution in [0.2, 0.25) is 0 Å². The van der Waals surface area contributed by atoms with Crippen molar-refractivity contribution in [3.63, 3.8) is 0 Å². The molecule has 8 heteroatoms. The molecule has 0 bridgehead atoms. The Morgan fingerprint density at radius 2 is 1.96 bits per heavy atom. The van der Waals surface area contributed by atoms with Crippen LogP contribution in [0, 0.1) is 0 Å². The summed E-state index contributed by atoms with van der Waals surface area (Å²) in [7, 11) is 0.649. The highest BCUT2D eigenvalue weighted by atomic mass is 32.2. The summed E-state index contributed by atoms with van der Waals surface area (Å²) in [5.74, 6) is 0.577. The topological polar surface area (TPSA) is 70.0 Å². The first-order valence-corrected chi connectivity index (χ1v) is 11.0. The van der Waals surface area contributed by atoms with Crippen LogP contribution in [0.4, 0.5) is 10.5 Å². The molecule has 0 radical (unpaired) electrons. The van der Waals surface area contributed by atoms with Gasteiger partial charge in [0.2, 0.25) is 0 Å². The number of carbonyl (C=O) groups is 1. The van der Waals surface area contributed by atoms with Crippen LogP contribution in [0.15, 0.2) is 18.5 Å². The molecule has 3 heterocycles. The first-order chi connectivity index (χ1) is 13.1. The maximum Gasteiger partial charge on any atom is 0.324 e. The maximum atomic E-state index is 12.6. The van der Waals surface area contributed by atoms with Crippen LogP contribution in [-0.2, 0) is 11.0 Å². The molecular formula is C20H29N5O2S. The summed E-state index contributed by atoms with van der Waals surface area (Å²) >= 11 is 0. The molecule has 0 spiro atoms. The van der Waals surface area contributed by atoms with Crippen LogP contribution in [0.1, 0.15) is 63.8 Å². The second-order valence-corrected chi connectivity index (χ2v) is 10.9. The Labute approximate surface area is 168 Å². The van der Waals surface area contributed by atoms with E-state index in [1.807, 2.05) is 50.2 Å². The fourth-order valence-electron chi connectivity index (χ4n) is 3.44. The van der Waals surface area contributed by atoms with Gasteiger partial charge in [-0.05, 0) is 58.1 Å². The first kappa shape index (κ1) is 19.4. The summed E-state index contributed by atoms with van der Waals surface area (Å²) in [5, 5.41) is 0. The Balaban J connectivity index is 1.72. The lowest BCUT2D eigenvalue weighted by molar-refractivity contribution is 0.229. The minimum atomic E-state index is -1.18. The number of rotatable bonds is 5. The van der Waals surface area contributed by atoms with E-state index in [2.05, 4.69) is 17.0 Å². The molecule has 0 aromatic carbocycles. The standard InChI is InChI=1S/C20H29N5O2S/c1-13(22-28(27)20(2,3)4)16-12-24-11-15(14-6-7-14)10-17(18(24)21-16)25-9-8-23(5)19(25)26/h10-14,22H,6-9H2,1-5H3. The van der Waals surface area contributed by atoms with Gasteiger partial charge in [0.1, 0.15) is 0 Å². The number of hydrogen-bond acceptors (Lipinski definition) is 3. The molecule has 1 saturated heterocycles. The molecule has 7 nitrogen and oxygen atoms in total. The van der Waals surface area contributed by atoms with E-state index in [0.717, 1.165) is 23.6 Å². The van der Waals surface area contributed by atoms with Gasteiger partial charge in [-0.1, -0.05) is 0 Å². The first-order valence-electron chi connectivity index (χ1n) is 9.88. The van der Waals surface area contributed by atoms with Crippen molar-refractivity contribution in [2.24, 2.45) is 0 Å². The molecule has 152 valence electrons. The fourth-order valence-corrected chi connectivity index (χ4v) is 4.23. The maximum absolute atomic E-state index is 12.6. The zero-order chi connectivity index (χ0) is 20.2. The lowest BCUT2D eigenvalue weighted by Crippen LogP contribution is -2.34. The number of carbonyl (C=O) groups excluding carboxylic acids is 1. The molecule has 2 amide bonds. The Morgan fingerprint density at radius 1 is 1.25 bits per heavy atom. The Kier molecular flexibility index (Phi) is 4.74. The summed E-state index contributed by atoms with van der Waals surface area (Å²) in [6.07, 6.45) is 6.52. The molecule has 1 N–H and O–H groups in total. The van der Waals surface area contributed by atoms with Gasteiger partial charge in [-0.2, -0.15) is 0 Å². The SMILES string of the molecule is CC(NS(=O)C(C)(C)C)c1cn2cc(C3CC3)cc(N3CCN(C)C3=O)c2n1. The molecular weight excluding hydrogens is 374 g/mol. The van der Waals surface area contributed by atoms with Crippen molar-refractivity contribution in [2.75, 3.05) is 25.0 Å². The molecule has 2 aromatic heterocycles. The van der Waals surface area contributed by atoms with Crippen molar-refractivity contribution in [3.8, 4) is 0 Å². The zero-order valence-corrected chi connectivity index (χ0v) is 18.0. The molecule has 2 atom stereocenters. The normalized spacial score (nSPS) is 20.2. The highest BCUT2D eigenvalue weighted by Crippen LogP contribution is 2.42. The second-order valence-electron chi connectivity index (χ2n) is 8.91. The largest absolute Gasteiger partial charge is 0.326 e. The van der Waals surface area contributed by atoms with Crippen LogP contribution in [0.3, 0.4) is 0 Å². The van der Waals surface area contributed by atoms with E-state index >= 15 is 0 Å². The predicted octanol–water partition coefficient (Wildman–Crippen LogP) is 3.20. The van der Waals surface area contributed by atoms with E-state index in [1.165, 1.54) is 18.4 Å². The van der Waals surface area contributed by atoms with Gasteiger partial charge in [0.25, 0.3) is 0 Å². The van der Waals surface area contributed by atoms with Gasteiger partial charge in [0.15, 0.2) is 5.65 Å². The molecule has 2 aliphatic rings. The Hall–Kier alpha value is -1.93. The lowest BCUT2D eigenvalue weighted by Gasteiger charge is -2.21. The van der Waals surface area contributed by atoms with Gasteiger partial charge in [0.05, 0.1) is 33.2 Å². The average Bonchev–Trinajstić information content (AvgIpc) is 3.30. The number of likely N-dealkylation sites (N-methyl/N-ethyl adjacent to an activating group) is 1. The number of amides is 2. The highest BCUT2D eigenvalue weighted by Gasteiger charge is 2.32. The van der Waals surface area contributed by atoms with Gasteiger partial charge in [-0.15, -0.1) is 0 Å². The minimum Gasteiger partial charge on any atom is -0.326 e. The fraction of sp³-hybridized carbons (Fsp3) is 0.600. The number of urea groups is 1. The number of anilines is 1. The molecule has 28 heavy (non-hydrogen) atoms. The molecule has 4 rings (SSSR count). The van der Waals surface area contributed by atoms with Crippen molar-refractivity contribution in [2.45, 2.75) is 57.2 Å². The van der Waals surface area contributed by atoms with Gasteiger partial charge < -0.3 is 9.30 Å². The average molecular weight is 404 g/mol. The van der Waals surface area contributed by atoms with Crippen LogP contribution in [0.25, 0.3) is 5.65 Å². The number of pyridine rings is 1. The number of nitrogens with zero attached hydrogens (tertiary/aromatic N) is 4. The molecule has 2 fully saturated rings. The molecule has 2 aromatic rings. The molecule has 1 aliphatic heterocycles. The van der Waals surface area contributed by atoms with Crippen molar-refractivity contribution in [3.05, 3.63) is 29.7 Å². The Bertz CT molecular complexity index is 944. The van der Waals surface area contributed by atoms with Gasteiger partial charge >= 0.3 is 6.03 Å². The smallest absolute Gasteiger partial charge is 0.324 e. The van der Waals surface area contributed by atoms with E-state index in [1.54, 1.807) is 4.90 Å². The molecule has 2 unspecified atom stereocenters. The predicted molar refractivity (Wildman–Crippen MR) is 112 cm³/mol. The van der Waals surface area contributed by atoms with E-state index in [0.29, 0.717) is 12.5 Å². The third-order valence-electron chi connectivity index (χ3n) is 5.41. The second kappa shape index (κ2) is 6.84. The van der Waals surface area contributed by atoms with Gasteiger partial charge in [-0.3, -0.25) is 4.90 Å². The quantitative estimate of drug-likeness (QED) is 0.833. The van der Waals surface area contributed by atoms with E-state index in [9.17, 15) is 9.00 Å². The van der Waals surface area contributed by atoms with Crippen LogP contribution >= 0.6 is 0 Å². The Morgan fingerprint density at radius 3 is 2.54 bits per heavy atom. The number of fused-ring (bicyclic) bond motifs is 1. The molecule has 1 aliphatic carbocycles.